The largest absolute Gasteiger partial charge is 0.448 e. The second-order valence-corrected chi connectivity index (χ2v) is 4.54. The summed E-state index contributed by atoms with van der Waals surface area (Å²) in [7, 11) is 0. The first-order valence-electron chi connectivity index (χ1n) is 5.02. The van der Waals surface area contributed by atoms with Crippen molar-refractivity contribution in [3.05, 3.63) is 34.3 Å². The quantitative estimate of drug-likeness (QED) is 0.923. The molecule has 1 saturated heterocycles. The molecule has 1 aliphatic heterocycles. The number of carbonyl (C=O) groups excluding carboxylic acids is 1. The Bertz CT molecular complexity index is 379. The monoisotopic (exact) mass is 285 g/mol. The average Bonchev–Trinajstić information content (AvgIpc) is 2.65. The lowest BCUT2D eigenvalue weighted by Gasteiger charge is -2.17. The van der Waals surface area contributed by atoms with Crippen LogP contribution in [0.4, 0.5) is 4.79 Å². The van der Waals surface area contributed by atoms with E-state index in [1.165, 1.54) is 4.90 Å². The van der Waals surface area contributed by atoms with Crippen LogP contribution in [0, 0.1) is 0 Å². The minimum atomic E-state index is -0.668. The van der Waals surface area contributed by atoms with Crippen molar-refractivity contribution >= 4 is 22.0 Å². The van der Waals surface area contributed by atoms with Crippen LogP contribution in [0.5, 0.6) is 0 Å². The summed E-state index contributed by atoms with van der Waals surface area (Å²) in [6.45, 7) is 1.23. The van der Waals surface area contributed by atoms with E-state index in [4.69, 9.17) is 4.74 Å². The molecule has 0 bridgehead atoms. The van der Waals surface area contributed by atoms with Gasteiger partial charge in [0.2, 0.25) is 0 Å². The molecule has 2 rings (SSSR count). The molecule has 1 aliphatic rings. The lowest BCUT2D eigenvalue weighted by Crippen LogP contribution is -2.29. The average molecular weight is 286 g/mol. The summed E-state index contributed by atoms with van der Waals surface area (Å²) in [6.07, 6.45) is -1.02. The van der Waals surface area contributed by atoms with Crippen molar-refractivity contribution in [3.63, 3.8) is 0 Å². The van der Waals surface area contributed by atoms with Crippen LogP contribution in [0.2, 0.25) is 0 Å². The Morgan fingerprint density at radius 1 is 1.44 bits per heavy atom. The fraction of sp³-hybridized carbons (Fsp3) is 0.364. The van der Waals surface area contributed by atoms with Crippen molar-refractivity contribution < 1.29 is 14.6 Å². The number of benzene rings is 1. The number of halogens is 1. The maximum atomic E-state index is 11.2. The van der Waals surface area contributed by atoms with E-state index in [0.29, 0.717) is 13.2 Å². The molecule has 0 aliphatic carbocycles. The zero-order valence-corrected chi connectivity index (χ0v) is 10.2. The van der Waals surface area contributed by atoms with Crippen molar-refractivity contribution in [1.82, 2.24) is 4.90 Å². The zero-order chi connectivity index (χ0) is 11.5. The Labute approximate surface area is 102 Å². The number of hydrogen-bond acceptors (Lipinski definition) is 3. The van der Waals surface area contributed by atoms with Crippen molar-refractivity contribution in [2.45, 2.75) is 6.10 Å². The molecule has 1 amide bonds. The Morgan fingerprint density at radius 2 is 2.12 bits per heavy atom. The van der Waals surface area contributed by atoms with Gasteiger partial charge in [-0.15, -0.1) is 0 Å². The summed E-state index contributed by atoms with van der Waals surface area (Å²) in [4.78, 5) is 12.7. The van der Waals surface area contributed by atoms with E-state index in [-0.39, 0.29) is 12.6 Å². The fourth-order valence-corrected chi connectivity index (χ4v) is 1.85. The molecule has 1 aromatic rings. The Morgan fingerprint density at radius 3 is 2.69 bits per heavy atom. The molecule has 1 atom stereocenters. The van der Waals surface area contributed by atoms with Crippen LogP contribution in [0.15, 0.2) is 28.7 Å². The summed E-state index contributed by atoms with van der Waals surface area (Å²) in [5.74, 6) is 0. The normalized spacial score (nSPS) is 17.4. The van der Waals surface area contributed by atoms with Crippen LogP contribution in [0.3, 0.4) is 0 Å². The standard InChI is InChI=1S/C11H12BrNO3/c12-9-3-1-8(2-4-9)10(14)7-13-5-6-16-11(13)15/h1-4,10,14H,5-7H2. The van der Waals surface area contributed by atoms with Gasteiger partial charge >= 0.3 is 6.09 Å². The molecular formula is C11H12BrNO3. The highest BCUT2D eigenvalue weighted by atomic mass is 79.9. The number of carbonyl (C=O) groups is 1. The van der Waals surface area contributed by atoms with Gasteiger partial charge in [-0.05, 0) is 17.7 Å². The molecular weight excluding hydrogens is 274 g/mol. The van der Waals surface area contributed by atoms with Crippen molar-refractivity contribution in [2.24, 2.45) is 0 Å². The van der Waals surface area contributed by atoms with E-state index in [0.717, 1.165) is 10.0 Å². The molecule has 1 aromatic carbocycles. The number of cyclic esters (lactones) is 1. The molecule has 0 spiro atoms. The minimum absolute atomic E-state index is 0.278. The number of amides is 1. The maximum absolute atomic E-state index is 11.2. The highest BCUT2D eigenvalue weighted by molar-refractivity contribution is 9.10. The molecule has 0 radical (unpaired) electrons. The Hall–Kier alpha value is -1.07. The van der Waals surface area contributed by atoms with Crippen molar-refractivity contribution in [3.8, 4) is 0 Å². The van der Waals surface area contributed by atoms with Gasteiger partial charge in [-0.3, -0.25) is 0 Å². The van der Waals surface area contributed by atoms with Crippen molar-refractivity contribution in [1.29, 1.82) is 0 Å². The summed E-state index contributed by atoms with van der Waals surface area (Å²) in [5.41, 5.74) is 0.794. The highest BCUT2D eigenvalue weighted by Gasteiger charge is 2.24. The minimum Gasteiger partial charge on any atom is -0.448 e. The lowest BCUT2D eigenvalue weighted by molar-refractivity contribution is 0.118. The van der Waals surface area contributed by atoms with E-state index in [9.17, 15) is 9.90 Å². The van der Waals surface area contributed by atoms with Crippen LogP contribution in [0.1, 0.15) is 11.7 Å². The summed E-state index contributed by atoms with van der Waals surface area (Å²) in [5, 5.41) is 9.92. The molecule has 0 saturated carbocycles. The molecule has 5 heteroatoms. The van der Waals surface area contributed by atoms with Gasteiger partial charge in [-0.2, -0.15) is 0 Å². The number of nitrogens with zero attached hydrogens (tertiary/aromatic N) is 1. The van der Waals surface area contributed by atoms with Crippen LogP contribution in [-0.2, 0) is 4.74 Å². The summed E-state index contributed by atoms with van der Waals surface area (Å²) in [6, 6.07) is 7.38. The second-order valence-electron chi connectivity index (χ2n) is 3.63. The van der Waals surface area contributed by atoms with Gasteiger partial charge in [0.1, 0.15) is 6.61 Å². The van der Waals surface area contributed by atoms with E-state index in [1.54, 1.807) is 0 Å². The van der Waals surface area contributed by atoms with Gasteiger partial charge < -0.3 is 14.7 Å². The van der Waals surface area contributed by atoms with Gasteiger partial charge in [-0.1, -0.05) is 28.1 Å². The molecule has 1 N–H and O–H groups in total. The number of β-amino-alcohol motifs (C(OH)–C–C–N with tert-alkyl or cyclic N) is 1. The lowest BCUT2D eigenvalue weighted by atomic mass is 10.1. The van der Waals surface area contributed by atoms with E-state index >= 15 is 0 Å². The molecule has 86 valence electrons. The summed E-state index contributed by atoms with van der Waals surface area (Å²) < 4.78 is 5.75. The van der Waals surface area contributed by atoms with E-state index < -0.39 is 6.10 Å². The Balaban J connectivity index is 1.99. The predicted molar refractivity (Wildman–Crippen MR) is 62.0 cm³/mol. The van der Waals surface area contributed by atoms with Gasteiger partial charge in [0.05, 0.1) is 19.2 Å². The fourth-order valence-electron chi connectivity index (χ4n) is 1.59. The van der Waals surface area contributed by atoms with E-state index in [1.807, 2.05) is 24.3 Å². The molecule has 1 fully saturated rings. The van der Waals surface area contributed by atoms with Gasteiger partial charge in [0.25, 0.3) is 0 Å². The van der Waals surface area contributed by atoms with Crippen LogP contribution >= 0.6 is 15.9 Å². The second kappa shape index (κ2) is 4.84. The third kappa shape index (κ3) is 2.54. The van der Waals surface area contributed by atoms with Crippen molar-refractivity contribution in [2.75, 3.05) is 19.7 Å². The molecule has 1 heterocycles. The third-order valence-corrected chi connectivity index (χ3v) is 3.02. The molecule has 4 nitrogen and oxygen atoms in total. The SMILES string of the molecule is O=C1OCCN1CC(O)c1ccc(Br)cc1. The molecule has 0 aromatic heterocycles. The molecule has 16 heavy (non-hydrogen) atoms. The molecule has 1 unspecified atom stereocenters. The van der Waals surface area contributed by atoms with Gasteiger partial charge in [-0.25, -0.2) is 4.79 Å². The smallest absolute Gasteiger partial charge is 0.410 e. The third-order valence-electron chi connectivity index (χ3n) is 2.49. The predicted octanol–water partition coefficient (Wildman–Crippen LogP) is 1.93. The van der Waals surface area contributed by atoms with Gasteiger partial charge in [0, 0.05) is 4.47 Å². The highest BCUT2D eigenvalue weighted by Crippen LogP contribution is 2.19. The number of ether oxygens (including phenoxy) is 1. The first-order chi connectivity index (χ1) is 7.66. The zero-order valence-electron chi connectivity index (χ0n) is 8.60. The topological polar surface area (TPSA) is 49.8 Å². The van der Waals surface area contributed by atoms with Crippen LogP contribution in [-0.4, -0.2) is 35.8 Å². The first kappa shape index (κ1) is 11.4. The first-order valence-corrected chi connectivity index (χ1v) is 5.81. The number of aliphatic hydroxyl groups is 1. The number of hydrogen-bond donors (Lipinski definition) is 1. The van der Waals surface area contributed by atoms with Crippen LogP contribution < -0.4 is 0 Å². The van der Waals surface area contributed by atoms with Crippen LogP contribution in [0.25, 0.3) is 0 Å². The van der Waals surface area contributed by atoms with Gasteiger partial charge in [0.15, 0.2) is 0 Å². The number of rotatable bonds is 3. The summed E-state index contributed by atoms with van der Waals surface area (Å²) >= 11 is 3.33. The maximum Gasteiger partial charge on any atom is 0.410 e. The van der Waals surface area contributed by atoms with E-state index in [2.05, 4.69) is 15.9 Å². The Kier molecular flexibility index (Phi) is 3.46. The number of aliphatic hydroxyl groups excluding tert-OH is 1.